The summed E-state index contributed by atoms with van der Waals surface area (Å²) in [6, 6.07) is 1.75. The standard InChI is InChI=1S/C11H16F3N3O/c1-2-18-5-3-4-16-10-7-8(11(12,13)14)6-9(15)17-10/h6-7H,2-5H2,1H3,(H3,15,16,17). The normalized spacial score (nSPS) is 11.6. The fourth-order valence-corrected chi connectivity index (χ4v) is 1.34. The van der Waals surface area contributed by atoms with Crippen molar-refractivity contribution in [3.63, 3.8) is 0 Å². The van der Waals surface area contributed by atoms with Crippen LogP contribution in [-0.4, -0.2) is 24.7 Å². The molecule has 1 aromatic rings. The Labute approximate surface area is 103 Å². The van der Waals surface area contributed by atoms with Crippen molar-refractivity contribution in [2.75, 3.05) is 30.8 Å². The molecule has 0 aliphatic heterocycles. The topological polar surface area (TPSA) is 60.2 Å². The maximum atomic E-state index is 12.5. The van der Waals surface area contributed by atoms with Crippen LogP contribution in [0.3, 0.4) is 0 Å². The summed E-state index contributed by atoms with van der Waals surface area (Å²) in [5, 5.41) is 2.79. The number of alkyl halides is 3. The average Bonchev–Trinajstić information content (AvgIpc) is 2.27. The molecule has 0 spiro atoms. The Hall–Kier alpha value is -1.50. The van der Waals surface area contributed by atoms with Crippen LogP contribution >= 0.6 is 0 Å². The zero-order valence-corrected chi connectivity index (χ0v) is 10.0. The highest BCUT2D eigenvalue weighted by Crippen LogP contribution is 2.31. The van der Waals surface area contributed by atoms with Gasteiger partial charge in [-0.2, -0.15) is 13.2 Å². The third-order valence-electron chi connectivity index (χ3n) is 2.15. The monoisotopic (exact) mass is 263 g/mol. The number of anilines is 2. The molecule has 0 fully saturated rings. The zero-order valence-electron chi connectivity index (χ0n) is 10.0. The smallest absolute Gasteiger partial charge is 0.384 e. The van der Waals surface area contributed by atoms with E-state index in [1.165, 1.54) is 0 Å². The number of halogens is 3. The predicted octanol–water partition coefficient (Wildman–Crippen LogP) is 2.52. The summed E-state index contributed by atoms with van der Waals surface area (Å²) in [6.45, 7) is 3.53. The molecule has 0 aliphatic rings. The second-order valence-electron chi connectivity index (χ2n) is 3.64. The van der Waals surface area contributed by atoms with Crippen LogP contribution in [0, 0.1) is 0 Å². The number of hydrogen-bond donors (Lipinski definition) is 2. The minimum absolute atomic E-state index is 0.124. The molecule has 0 saturated heterocycles. The molecule has 102 valence electrons. The summed E-state index contributed by atoms with van der Waals surface area (Å²) in [4.78, 5) is 3.79. The summed E-state index contributed by atoms with van der Waals surface area (Å²) in [5.41, 5.74) is 4.53. The lowest BCUT2D eigenvalue weighted by Crippen LogP contribution is -2.11. The molecule has 0 radical (unpaired) electrons. The van der Waals surface area contributed by atoms with Crippen molar-refractivity contribution in [2.24, 2.45) is 0 Å². The lowest BCUT2D eigenvalue weighted by molar-refractivity contribution is -0.137. The van der Waals surface area contributed by atoms with E-state index in [1.54, 1.807) is 0 Å². The summed E-state index contributed by atoms with van der Waals surface area (Å²) < 4.78 is 42.6. The maximum absolute atomic E-state index is 12.5. The minimum Gasteiger partial charge on any atom is -0.384 e. The van der Waals surface area contributed by atoms with Gasteiger partial charge in [0.1, 0.15) is 11.6 Å². The van der Waals surface area contributed by atoms with E-state index in [0.717, 1.165) is 12.1 Å². The van der Waals surface area contributed by atoms with Crippen molar-refractivity contribution in [1.29, 1.82) is 0 Å². The molecular formula is C11H16F3N3O. The Morgan fingerprint density at radius 1 is 1.39 bits per heavy atom. The highest BCUT2D eigenvalue weighted by atomic mass is 19.4. The van der Waals surface area contributed by atoms with Crippen molar-refractivity contribution in [1.82, 2.24) is 4.98 Å². The Bertz CT molecular complexity index is 382. The number of pyridine rings is 1. The highest BCUT2D eigenvalue weighted by Gasteiger charge is 2.31. The molecule has 1 rings (SSSR count). The van der Waals surface area contributed by atoms with Crippen molar-refractivity contribution < 1.29 is 17.9 Å². The van der Waals surface area contributed by atoms with Gasteiger partial charge in [0.25, 0.3) is 0 Å². The largest absolute Gasteiger partial charge is 0.416 e. The van der Waals surface area contributed by atoms with Crippen LogP contribution in [0.4, 0.5) is 24.8 Å². The number of aromatic nitrogens is 1. The van der Waals surface area contributed by atoms with Gasteiger partial charge in [0, 0.05) is 19.8 Å². The van der Waals surface area contributed by atoms with Gasteiger partial charge in [0.05, 0.1) is 5.56 Å². The van der Waals surface area contributed by atoms with E-state index in [4.69, 9.17) is 10.5 Å². The SMILES string of the molecule is CCOCCCNc1cc(C(F)(F)F)cc(N)n1. The maximum Gasteiger partial charge on any atom is 0.416 e. The first-order valence-corrected chi connectivity index (χ1v) is 5.60. The fourth-order valence-electron chi connectivity index (χ4n) is 1.34. The second-order valence-corrected chi connectivity index (χ2v) is 3.64. The number of rotatable bonds is 6. The Balaban J connectivity index is 2.58. The fraction of sp³-hybridized carbons (Fsp3) is 0.545. The molecule has 0 saturated carbocycles. The van der Waals surface area contributed by atoms with Gasteiger partial charge in [-0.3, -0.25) is 0 Å². The third kappa shape index (κ3) is 4.79. The predicted molar refractivity (Wildman–Crippen MR) is 63.3 cm³/mol. The molecule has 0 aromatic carbocycles. The molecule has 0 aliphatic carbocycles. The number of nitrogen functional groups attached to an aromatic ring is 1. The molecule has 0 unspecified atom stereocenters. The molecule has 0 atom stereocenters. The molecule has 0 amide bonds. The van der Waals surface area contributed by atoms with E-state index in [2.05, 4.69) is 10.3 Å². The van der Waals surface area contributed by atoms with Gasteiger partial charge < -0.3 is 15.8 Å². The number of nitrogens with two attached hydrogens (primary N) is 1. The summed E-state index contributed by atoms with van der Waals surface area (Å²) in [6.07, 6.45) is -3.73. The van der Waals surface area contributed by atoms with Gasteiger partial charge in [-0.15, -0.1) is 0 Å². The molecule has 7 heteroatoms. The average molecular weight is 263 g/mol. The first-order chi connectivity index (χ1) is 8.43. The Kier molecular flexibility index (Phi) is 5.21. The lowest BCUT2D eigenvalue weighted by atomic mass is 10.2. The summed E-state index contributed by atoms with van der Waals surface area (Å²) in [7, 11) is 0. The van der Waals surface area contributed by atoms with Crippen LogP contribution in [0.25, 0.3) is 0 Å². The molecule has 18 heavy (non-hydrogen) atoms. The van der Waals surface area contributed by atoms with E-state index < -0.39 is 11.7 Å². The van der Waals surface area contributed by atoms with Gasteiger partial charge >= 0.3 is 6.18 Å². The third-order valence-corrected chi connectivity index (χ3v) is 2.15. The quantitative estimate of drug-likeness (QED) is 0.774. The number of ether oxygens (including phenoxy) is 1. The molecule has 0 bridgehead atoms. The van der Waals surface area contributed by atoms with Crippen molar-refractivity contribution in [2.45, 2.75) is 19.5 Å². The molecule has 1 heterocycles. The molecule has 3 N–H and O–H groups in total. The van der Waals surface area contributed by atoms with E-state index in [9.17, 15) is 13.2 Å². The van der Waals surface area contributed by atoms with Crippen molar-refractivity contribution in [3.05, 3.63) is 17.7 Å². The summed E-state index contributed by atoms with van der Waals surface area (Å²) >= 11 is 0. The van der Waals surface area contributed by atoms with Gasteiger partial charge in [0.15, 0.2) is 0 Å². The first-order valence-electron chi connectivity index (χ1n) is 5.60. The number of nitrogens with one attached hydrogen (secondary N) is 1. The van der Waals surface area contributed by atoms with Crippen LogP contribution < -0.4 is 11.1 Å². The van der Waals surface area contributed by atoms with Gasteiger partial charge in [-0.05, 0) is 25.5 Å². The molecule has 1 aromatic heterocycles. The van der Waals surface area contributed by atoms with Crippen molar-refractivity contribution in [3.8, 4) is 0 Å². The van der Waals surface area contributed by atoms with Crippen LogP contribution in [0.5, 0.6) is 0 Å². The Morgan fingerprint density at radius 3 is 2.72 bits per heavy atom. The van der Waals surface area contributed by atoms with Crippen LogP contribution in [0.2, 0.25) is 0 Å². The minimum atomic E-state index is -4.42. The van der Waals surface area contributed by atoms with Gasteiger partial charge in [-0.1, -0.05) is 0 Å². The Morgan fingerprint density at radius 2 is 2.11 bits per heavy atom. The number of nitrogens with zero attached hydrogens (tertiary/aromatic N) is 1. The number of hydrogen-bond acceptors (Lipinski definition) is 4. The van der Waals surface area contributed by atoms with Crippen LogP contribution in [0.1, 0.15) is 18.9 Å². The molecule has 4 nitrogen and oxygen atoms in total. The zero-order chi connectivity index (χ0) is 13.6. The van der Waals surface area contributed by atoms with Gasteiger partial charge in [0.2, 0.25) is 0 Å². The second kappa shape index (κ2) is 6.44. The lowest BCUT2D eigenvalue weighted by Gasteiger charge is -2.11. The van der Waals surface area contributed by atoms with Gasteiger partial charge in [-0.25, -0.2) is 4.98 Å². The van der Waals surface area contributed by atoms with Crippen LogP contribution in [0.15, 0.2) is 12.1 Å². The van der Waals surface area contributed by atoms with E-state index in [0.29, 0.717) is 26.2 Å². The van der Waals surface area contributed by atoms with E-state index in [-0.39, 0.29) is 11.6 Å². The summed E-state index contributed by atoms with van der Waals surface area (Å²) in [5.74, 6) is -0.0315. The van der Waals surface area contributed by atoms with Crippen LogP contribution in [-0.2, 0) is 10.9 Å². The van der Waals surface area contributed by atoms with E-state index in [1.807, 2.05) is 6.92 Å². The first kappa shape index (κ1) is 14.6. The van der Waals surface area contributed by atoms with E-state index >= 15 is 0 Å². The van der Waals surface area contributed by atoms with Crippen molar-refractivity contribution >= 4 is 11.6 Å². The molecular weight excluding hydrogens is 247 g/mol. The highest BCUT2D eigenvalue weighted by molar-refractivity contribution is 5.47.